The Bertz CT molecular complexity index is 375. The Kier molecular flexibility index (Phi) is 3.96. The zero-order valence-electron chi connectivity index (χ0n) is 9.08. The van der Waals surface area contributed by atoms with Crippen molar-refractivity contribution in [3.63, 3.8) is 0 Å². The molecule has 1 N–H and O–H groups in total. The number of morpholine rings is 1. The van der Waals surface area contributed by atoms with Crippen molar-refractivity contribution in [2.45, 2.75) is 6.42 Å². The second-order valence-corrected chi connectivity index (χ2v) is 4.77. The molecule has 0 saturated carbocycles. The highest BCUT2D eigenvalue weighted by Crippen LogP contribution is 2.13. The maximum Gasteiger partial charge on any atom is 0.100 e. The third-order valence-corrected chi connectivity index (χ3v) is 3.15. The fourth-order valence-corrected chi connectivity index (χ4v) is 2.23. The van der Waals surface area contributed by atoms with Gasteiger partial charge in [0, 0.05) is 24.0 Å². The van der Waals surface area contributed by atoms with Crippen LogP contribution in [0.4, 0.5) is 0 Å². The fraction of sp³-hybridized carbons (Fsp3) is 0.417. The van der Waals surface area contributed by atoms with E-state index < -0.39 is 0 Å². The number of halogens is 1. The van der Waals surface area contributed by atoms with Crippen molar-refractivity contribution in [3.05, 3.63) is 34.3 Å². The largest absolute Gasteiger partial charge is 0.378 e. The highest BCUT2D eigenvalue weighted by molar-refractivity contribution is 9.10. The predicted molar refractivity (Wildman–Crippen MR) is 68.0 cm³/mol. The Labute approximate surface area is 104 Å². The number of ether oxygens (including phenoxy) is 1. The first-order valence-electron chi connectivity index (χ1n) is 5.40. The van der Waals surface area contributed by atoms with Crippen LogP contribution in [0.2, 0.25) is 0 Å². The Balaban J connectivity index is 1.96. The van der Waals surface area contributed by atoms with Crippen LogP contribution in [-0.2, 0) is 11.2 Å². The van der Waals surface area contributed by atoms with Crippen LogP contribution in [0.25, 0.3) is 0 Å². The van der Waals surface area contributed by atoms with Gasteiger partial charge in [-0.15, -0.1) is 0 Å². The summed E-state index contributed by atoms with van der Waals surface area (Å²) >= 11 is 3.44. The number of hydrogen-bond donors (Lipinski definition) is 1. The molecule has 86 valence electrons. The summed E-state index contributed by atoms with van der Waals surface area (Å²) < 4.78 is 6.34. The lowest BCUT2D eigenvalue weighted by molar-refractivity contribution is 0.0670. The Morgan fingerprint density at radius 3 is 2.81 bits per heavy atom. The molecule has 2 rings (SSSR count). The molecule has 1 heterocycles. The third kappa shape index (κ3) is 3.06. The minimum atomic E-state index is 0.682. The molecule has 0 spiro atoms. The van der Waals surface area contributed by atoms with E-state index in [1.54, 1.807) is 0 Å². The lowest BCUT2D eigenvalue weighted by Crippen LogP contribution is -2.41. The molecule has 1 aliphatic heterocycles. The van der Waals surface area contributed by atoms with Gasteiger partial charge in [-0.2, -0.15) is 0 Å². The molecule has 1 aromatic carbocycles. The summed E-state index contributed by atoms with van der Waals surface area (Å²) in [5.41, 5.74) is 1.17. The molecule has 1 fully saturated rings. The number of rotatable bonds is 2. The maximum atomic E-state index is 8.05. The minimum absolute atomic E-state index is 0.682. The average molecular weight is 283 g/mol. The van der Waals surface area contributed by atoms with E-state index in [4.69, 9.17) is 10.1 Å². The summed E-state index contributed by atoms with van der Waals surface area (Å²) in [6.45, 7) is 3.15. The van der Waals surface area contributed by atoms with Gasteiger partial charge in [0.25, 0.3) is 0 Å². The van der Waals surface area contributed by atoms with Crippen LogP contribution < -0.4 is 0 Å². The normalized spacial score (nSPS) is 16.2. The molecule has 0 aliphatic carbocycles. The quantitative estimate of drug-likeness (QED) is 0.668. The van der Waals surface area contributed by atoms with Crippen LogP contribution >= 0.6 is 15.9 Å². The van der Waals surface area contributed by atoms with Gasteiger partial charge in [0.05, 0.1) is 13.2 Å². The van der Waals surface area contributed by atoms with Crippen LogP contribution in [0.5, 0.6) is 0 Å². The molecular weight excluding hydrogens is 268 g/mol. The monoisotopic (exact) mass is 282 g/mol. The summed E-state index contributed by atoms with van der Waals surface area (Å²) in [6.07, 6.45) is 0.694. The number of benzene rings is 1. The number of amidine groups is 1. The molecule has 0 amide bonds. The van der Waals surface area contributed by atoms with Gasteiger partial charge in [-0.3, -0.25) is 5.41 Å². The lowest BCUT2D eigenvalue weighted by Gasteiger charge is -2.29. The second kappa shape index (κ2) is 5.46. The van der Waals surface area contributed by atoms with Crippen molar-refractivity contribution in [1.82, 2.24) is 4.90 Å². The van der Waals surface area contributed by atoms with Crippen LogP contribution in [0.15, 0.2) is 28.7 Å². The lowest BCUT2D eigenvalue weighted by atomic mass is 10.1. The van der Waals surface area contributed by atoms with Crippen LogP contribution in [0.3, 0.4) is 0 Å². The molecule has 1 aromatic rings. The smallest absolute Gasteiger partial charge is 0.100 e. The molecule has 0 radical (unpaired) electrons. The van der Waals surface area contributed by atoms with Gasteiger partial charge in [0.1, 0.15) is 5.84 Å². The first-order valence-corrected chi connectivity index (χ1v) is 6.19. The van der Waals surface area contributed by atoms with E-state index in [2.05, 4.69) is 33.0 Å². The third-order valence-electron chi connectivity index (χ3n) is 2.65. The zero-order valence-corrected chi connectivity index (χ0v) is 10.7. The second-order valence-electron chi connectivity index (χ2n) is 3.85. The molecule has 4 heteroatoms. The molecule has 3 nitrogen and oxygen atoms in total. The van der Waals surface area contributed by atoms with Gasteiger partial charge in [-0.1, -0.05) is 28.1 Å². The molecule has 0 aromatic heterocycles. The Morgan fingerprint density at radius 2 is 2.12 bits per heavy atom. The molecular formula is C12H15BrN2O. The SMILES string of the molecule is N=C(Cc1cccc(Br)c1)N1CCOCC1. The first kappa shape index (κ1) is 11.6. The molecule has 16 heavy (non-hydrogen) atoms. The van der Waals surface area contributed by atoms with Crippen LogP contribution in [0, 0.1) is 5.41 Å². The predicted octanol–water partition coefficient (Wildman–Crippen LogP) is 2.30. The highest BCUT2D eigenvalue weighted by atomic mass is 79.9. The van der Waals surface area contributed by atoms with Crippen molar-refractivity contribution in [2.75, 3.05) is 26.3 Å². The van der Waals surface area contributed by atoms with Crippen LogP contribution in [-0.4, -0.2) is 37.0 Å². The topological polar surface area (TPSA) is 36.3 Å². The van der Waals surface area contributed by atoms with Crippen molar-refractivity contribution in [1.29, 1.82) is 5.41 Å². The Morgan fingerprint density at radius 1 is 1.38 bits per heavy atom. The first-order chi connectivity index (χ1) is 7.75. The van der Waals surface area contributed by atoms with E-state index in [9.17, 15) is 0 Å². The summed E-state index contributed by atoms with van der Waals surface area (Å²) in [7, 11) is 0. The van der Waals surface area contributed by atoms with Gasteiger partial charge < -0.3 is 9.64 Å². The highest BCUT2D eigenvalue weighted by Gasteiger charge is 2.13. The molecule has 0 atom stereocenters. The summed E-state index contributed by atoms with van der Waals surface area (Å²) in [5.74, 6) is 0.682. The number of nitrogens with one attached hydrogen (secondary N) is 1. The van der Waals surface area contributed by atoms with E-state index in [1.807, 2.05) is 12.1 Å². The van der Waals surface area contributed by atoms with E-state index in [0.29, 0.717) is 12.3 Å². The summed E-state index contributed by atoms with van der Waals surface area (Å²) in [5, 5.41) is 8.05. The van der Waals surface area contributed by atoms with E-state index in [-0.39, 0.29) is 0 Å². The Hall–Kier alpha value is -0.870. The van der Waals surface area contributed by atoms with Gasteiger partial charge in [-0.25, -0.2) is 0 Å². The fourth-order valence-electron chi connectivity index (χ4n) is 1.79. The molecule has 0 unspecified atom stereocenters. The van der Waals surface area contributed by atoms with Crippen molar-refractivity contribution in [3.8, 4) is 0 Å². The molecule has 0 bridgehead atoms. The maximum absolute atomic E-state index is 8.05. The van der Waals surface area contributed by atoms with Crippen LogP contribution in [0.1, 0.15) is 5.56 Å². The van der Waals surface area contributed by atoms with E-state index in [1.165, 1.54) is 5.56 Å². The molecule has 1 aliphatic rings. The minimum Gasteiger partial charge on any atom is -0.378 e. The number of nitrogens with zero attached hydrogens (tertiary/aromatic N) is 1. The van der Waals surface area contributed by atoms with Gasteiger partial charge in [0.15, 0.2) is 0 Å². The summed E-state index contributed by atoms with van der Waals surface area (Å²) in [4.78, 5) is 2.09. The van der Waals surface area contributed by atoms with Crippen molar-refractivity contribution in [2.24, 2.45) is 0 Å². The summed E-state index contributed by atoms with van der Waals surface area (Å²) in [6, 6.07) is 8.13. The number of hydrogen-bond acceptors (Lipinski definition) is 2. The van der Waals surface area contributed by atoms with Crippen molar-refractivity contribution >= 4 is 21.8 Å². The van der Waals surface area contributed by atoms with E-state index in [0.717, 1.165) is 30.8 Å². The molecule has 1 saturated heterocycles. The zero-order chi connectivity index (χ0) is 11.4. The van der Waals surface area contributed by atoms with Crippen molar-refractivity contribution < 1.29 is 4.74 Å². The standard InChI is InChI=1S/C12H15BrN2O/c13-11-3-1-2-10(8-11)9-12(14)15-4-6-16-7-5-15/h1-3,8,14H,4-7,9H2. The van der Waals surface area contributed by atoms with E-state index >= 15 is 0 Å². The average Bonchev–Trinajstić information content (AvgIpc) is 2.30. The van der Waals surface area contributed by atoms with Gasteiger partial charge in [-0.05, 0) is 17.7 Å². The van der Waals surface area contributed by atoms with Gasteiger partial charge >= 0.3 is 0 Å². The van der Waals surface area contributed by atoms with Gasteiger partial charge in [0.2, 0.25) is 0 Å².